The summed E-state index contributed by atoms with van der Waals surface area (Å²) in [6, 6.07) is 10.6. The van der Waals surface area contributed by atoms with E-state index < -0.39 is 0 Å². The van der Waals surface area contributed by atoms with Gasteiger partial charge in [-0.05, 0) is 30.7 Å². The topological polar surface area (TPSA) is 77.2 Å². The third-order valence-electron chi connectivity index (χ3n) is 2.65. The normalized spacial score (nSPS) is 10.1. The Hall–Kier alpha value is -2.56. The highest BCUT2D eigenvalue weighted by molar-refractivity contribution is 6.06. The second-order valence-corrected chi connectivity index (χ2v) is 4.24. The maximum Gasteiger partial charge on any atom is 0.276 e. The van der Waals surface area contributed by atoms with Crippen molar-refractivity contribution in [3.8, 4) is 5.75 Å². The molecule has 2 rings (SSSR count). The molecule has 0 aliphatic rings. The van der Waals surface area contributed by atoms with Crippen molar-refractivity contribution in [3.05, 3.63) is 48.3 Å². The molecule has 5 heteroatoms. The molecular weight excluding hydrogens is 254 g/mol. The molecule has 1 amide bonds. The van der Waals surface area contributed by atoms with E-state index in [1.54, 1.807) is 18.2 Å². The number of aromatic nitrogens is 1. The fourth-order valence-corrected chi connectivity index (χ4v) is 1.70. The van der Waals surface area contributed by atoms with Gasteiger partial charge in [0.25, 0.3) is 5.91 Å². The van der Waals surface area contributed by atoms with Gasteiger partial charge in [0.15, 0.2) is 5.69 Å². The maximum atomic E-state index is 12.2. The standard InChI is InChI=1S/C15H17N3O2/c1-2-10-20-13-8-4-3-7-12(13)18-15(19)14-11(16)6-5-9-17-14/h3-9H,2,10,16H2,1H3,(H,18,19). The van der Waals surface area contributed by atoms with Crippen LogP contribution in [0.2, 0.25) is 0 Å². The fraction of sp³-hybridized carbons (Fsp3) is 0.200. The van der Waals surface area contributed by atoms with Crippen LogP contribution < -0.4 is 15.8 Å². The molecule has 0 aliphatic heterocycles. The third-order valence-corrected chi connectivity index (χ3v) is 2.65. The molecule has 0 fully saturated rings. The van der Waals surface area contributed by atoms with Crippen molar-refractivity contribution in [2.75, 3.05) is 17.7 Å². The Morgan fingerprint density at radius 3 is 2.85 bits per heavy atom. The van der Waals surface area contributed by atoms with Crippen LogP contribution in [-0.4, -0.2) is 17.5 Å². The van der Waals surface area contributed by atoms with Gasteiger partial charge < -0.3 is 15.8 Å². The molecule has 0 radical (unpaired) electrons. The molecule has 0 spiro atoms. The molecule has 104 valence electrons. The average Bonchev–Trinajstić information content (AvgIpc) is 2.46. The van der Waals surface area contributed by atoms with Crippen LogP contribution >= 0.6 is 0 Å². The van der Waals surface area contributed by atoms with E-state index in [9.17, 15) is 4.79 Å². The second-order valence-electron chi connectivity index (χ2n) is 4.24. The largest absolute Gasteiger partial charge is 0.491 e. The van der Waals surface area contributed by atoms with Gasteiger partial charge in [0, 0.05) is 6.20 Å². The van der Waals surface area contributed by atoms with Crippen molar-refractivity contribution < 1.29 is 9.53 Å². The molecule has 20 heavy (non-hydrogen) atoms. The number of rotatable bonds is 5. The minimum atomic E-state index is -0.351. The van der Waals surface area contributed by atoms with Crippen LogP contribution in [0.25, 0.3) is 0 Å². The van der Waals surface area contributed by atoms with Crippen molar-refractivity contribution in [2.45, 2.75) is 13.3 Å². The van der Waals surface area contributed by atoms with Crippen LogP contribution in [0, 0.1) is 0 Å². The molecule has 0 aliphatic carbocycles. The minimum absolute atomic E-state index is 0.206. The lowest BCUT2D eigenvalue weighted by molar-refractivity contribution is 0.102. The maximum absolute atomic E-state index is 12.2. The zero-order valence-corrected chi connectivity index (χ0v) is 11.3. The Kier molecular flexibility index (Phi) is 4.55. The Morgan fingerprint density at radius 1 is 1.30 bits per heavy atom. The molecule has 0 saturated heterocycles. The lowest BCUT2D eigenvalue weighted by Gasteiger charge is -2.12. The minimum Gasteiger partial charge on any atom is -0.491 e. The van der Waals surface area contributed by atoms with Crippen LogP contribution in [0.15, 0.2) is 42.6 Å². The number of ether oxygens (including phenoxy) is 1. The van der Waals surface area contributed by atoms with Crippen LogP contribution in [0.3, 0.4) is 0 Å². The SMILES string of the molecule is CCCOc1ccccc1NC(=O)c1ncccc1N. The summed E-state index contributed by atoms with van der Waals surface area (Å²) >= 11 is 0. The number of pyridine rings is 1. The Labute approximate surface area is 117 Å². The number of nitrogens with zero attached hydrogens (tertiary/aromatic N) is 1. The summed E-state index contributed by atoms with van der Waals surface area (Å²) in [5.74, 6) is 0.285. The first-order chi connectivity index (χ1) is 9.72. The number of benzene rings is 1. The van der Waals surface area contributed by atoms with Crippen molar-refractivity contribution in [3.63, 3.8) is 0 Å². The van der Waals surface area contributed by atoms with Gasteiger partial charge in [-0.1, -0.05) is 19.1 Å². The van der Waals surface area contributed by atoms with Crippen LogP contribution in [0.1, 0.15) is 23.8 Å². The number of amides is 1. The number of hydrogen-bond donors (Lipinski definition) is 2. The fourth-order valence-electron chi connectivity index (χ4n) is 1.70. The summed E-state index contributed by atoms with van der Waals surface area (Å²) in [4.78, 5) is 16.1. The van der Waals surface area contributed by atoms with Crippen molar-refractivity contribution in [1.29, 1.82) is 0 Å². The number of para-hydroxylation sites is 2. The van der Waals surface area contributed by atoms with Crippen molar-refractivity contribution >= 4 is 17.3 Å². The monoisotopic (exact) mass is 271 g/mol. The molecule has 0 saturated carbocycles. The average molecular weight is 271 g/mol. The van der Waals surface area contributed by atoms with Crippen molar-refractivity contribution in [1.82, 2.24) is 4.98 Å². The van der Waals surface area contributed by atoms with Gasteiger partial charge in [-0.25, -0.2) is 4.98 Å². The molecule has 0 unspecified atom stereocenters. The number of carbonyl (C=O) groups is 1. The van der Waals surface area contributed by atoms with Crippen molar-refractivity contribution in [2.24, 2.45) is 0 Å². The molecule has 1 aromatic heterocycles. The van der Waals surface area contributed by atoms with Gasteiger partial charge in [0.1, 0.15) is 5.75 Å². The van der Waals surface area contributed by atoms with E-state index in [1.807, 2.05) is 25.1 Å². The highest BCUT2D eigenvalue weighted by Crippen LogP contribution is 2.24. The van der Waals surface area contributed by atoms with Gasteiger partial charge in [0.05, 0.1) is 18.0 Å². The van der Waals surface area contributed by atoms with Crippen LogP contribution in [0.4, 0.5) is 11.4 Å². The summed E-state index contributed by atoms with van der Waals surface area (Å²) in [6.45, 7) is 2.62. The highest BCUT2D eigenvalue weighted by atomic mass is 16.5. The molecular formula is C15H17N3O2. The summed E-state index contributed by atoms with van der Waals surface area (Å²) in [5, 5.41) is 2.77. The van der Waals surface area contributed by atoms with E-state index in [0.717, 1.165) is 6.42 Å². The predicted molar refractivity (Wildman–Crippen MR) is 78.8 cm³/mol. The van der Waals surface area contributed by atoms with Gasteiger partial charge in [-0.3, -0.25) is 4.79 Å². The smallest absolute Gasteiger partial charge is 0.276 e. The van der Waals surface area contributed by atoms with Gasteiger partial charge >= 0.3 is 0 Å². The Bertz CT molecular complexity index is 599. The number of nitrogens with one attached hydrogen (secondary N) is 1. The van der Waals surface area contributed by atoms with Crippen LogP contribution in [-0.2, 0) is 0 Å². The molecule has 0 atom stereocenters. The number of carbonyl (C=O) groups excluding carboxylic acids is 1. The van der Waals surface area contributed by atoms with E-state index in [1.165, 1.54) is 6.20 Å². The first-order valence-corrected chi connectivity index (χ1v) is 6.46. The molecule has 5 nitrogen and oxygen atoms in total. The number of nitrogen functional groups attached to an aromatic ring is 1. The predicted octanol–water partition coefficient (Wildman–Crippen LogP) is 2.70. The summed E-state index contributed by atoms with van der Waals surface area (Å²) in [5.41, 5.74) is 6.90. The van der Waals surface area contributed by atoms with E-state index in [4.69, 9.17) is 10.5 Å². The molecule has 2 aromatic rings. The third kappa shape index (κ3) is 3.26. The molecule has 0 bridgehead atoms. The number of nitrogens with two attached hydrogens (primary N) is 1. The molecule has 3 N–H and O–H groups in total. The van der Waals surface area contributed by atoms with Gasteiger partial charge in [0.2, 0.25) is 0 Å². The van der Waals surface area contributed by atoms with E-state index in [2.05, 4.69) is 10.3 Å². The van der Waals surface area contributed by atoms with Gasteiger partial charge in [-0.2, -0.15) is 0 Å². The quantitative estimate of drug-likeness (QED) is 0.876. The zero-order chi connectivity index (χ0) is 14.4. The lowest BCUT2D eigenvalue weighted by atomic mass is 10.2. The summed E-state index contributed by atoms with van der Waals surface area (Å²) < 4.78 is 5.59. The van der Waals surface area contributed by atoms with E-state index in [0.29, 0.717) is 23.7 Å². The Balaban J connectivity index is 2.18. The highest BCUT2D eigenvalue weighted by Gasteiger charge is 2.13. The summed E-state index contributed by atoms with van der Waals surface area (Å²) in [6.07, 6.45) is 2.43. The first-order valence-electron chi connectivity index (χ1n) is 6.46. The molecule has 1 aromatic carbocycles. The second kappa shape index (κ2) is 6.56. The zero-order valence-electron chi connectivity index (χ0n) is 11.3. The molecule has 1 heterocycles. The Morgan fingerprint density at radius 2 is 2.10 bits per heavy atom. The number of anilines is 2. The van der Waals surface area contributed by atoms with Gasteiger partial charge in [-0.15, -0.1) is 0 Å². The van der Waals surface area contributed by atoms with E-state index in [-0.39, 0.29) is 11.6 Å². The summed E-state index contributed by atoms with van der Waals surface area (Å²) in [7, 11) is 0. The van der Waals surface area contributed by atoms with Crippen LogP contribution in [0.5, 0.6) is 5.75 Å². The first kappa shape index (κ1) is 13.9. The number of hydrogen-bond acceptors (Lipinski definition) is 4. The lowest BCUT2D eigenvalue weighted by Crippen LogP contribution is -2.16. The van der Waals surface area contributed by atoms with E-state index >= 15 is 0 Å².